The second-order valence-electron chi connectivity index (χ2n) is 4.35. The molecule has 7 heteroatoms. The van der Waals surface area contributed by atoms with Crippen LogP contribution in [0.2, 0.25) is 0 Å². The highest BCUT2D eigenvalue weighted by Crippen LogP contribution is 2.15. The third-order valence-corrected chi connectivity index (χ3v) is 2.46. The van der Waals surface area contributed by atoms with Crippen molar-refractivity contribution in [3.05, 3.63) is 0 Å². The molecule has 0 aliphatic carbocycles. The van der Waals surface area contributed by atoms with Gasteiger partial charge in [-0.2, -0.15) is 0 Å². The number of hydrogen-bond acceptors (Lipinski definition) is 6. The van der Waals surface area contributed by atoms with E-state index in [1.807, 2.05) is 0 Å². The summed E-state index contributed by atoms with van der Waals surface area (Å²) in [5.74, 6) is -4.19. The molecule has 0 aromatic heterocycles. The van der Waals surface area contributed by atoms with E-state index < -0.39 is 17.9 Å². The van der Waals surface area contributed by atoms with Crippen molar-refractivity contribution in [1.29, 1.82) is 0 Å². The summed E-state index contributed by atoms with van der Waals surface area (Å²) in [6.07, 6.45) is 2.05. The minimum Gasteiger partial charge on any atom is -0.481 e. The lowest BCUT2D eigenvalue weighted by molar-refractivity contribution is -0.322. The van der Waals surface area contributed by atoms with Gasteiger partial charge in [0.1, 0.15) is 0 Å². The summed E-state index contributed by atoms with van der Waals surface area (Å²) in [4.78, 5) is 21.5. The predicted octanol–water partition coefficient (Wildman–Crippen LogP) is 0.366. The molecular formula is C12H22O7. The molecule has 0 aromatic carbocycles. The highest BCUT2D eigenvalue weighted by molar-refractivity contribution is 5.70. The smallest absolute Gasteiger partial charge is 0.324 e. The first kappa shape index (κ1) is 17.8. The zero-order valence-electron chi connectivity index (χ0n) is 10.9. The molecule has 0 saturated carbocycles. The van der Waals surface area contributed by atoms with E-state index in [4.69, 9.17) is 10.2 Å². The highest BCUT2D eigenvalue weighted by atomic mass is 16.8. The van der Waals surface area contributed by atoms with E-state index >= 15 is 0 Å². The van der Waals surface area contributed by atoms with Crippen LogP contribution in [0, 0.1) is 0 Å². The summed E-state index contributed by atoms with van der Waals surface area (Å²) >= 11 is 0. The molecule has 0 aliphatic rings. The maximum absolute atomic E-state index is 11.3. The molecule has 0 spiro atoms. The van der Waals surface area contributed by atoms with Crippen LogP contribution >= 0.6 is 0 Å². The molecule has 0 unspecified atom stereocenters. The lowest BCUT2D eigenvalue weighted by Crippen LogP contribution is -2.34. The minimum atomic E-state index is -2.49. The molecular weight excluding hydrogens is 256 g/mol. The predicted molar refractivity (Wildman–Crippen MR) is 64.9 cm³/mol. The number of rotatable bonds is 11. The van der Waals surface area contributed by atoms with E-state index in [9.17, 15) is 19.8 Å². The van der Waals surface area contributed by atoms with Crippen molar-refractivity contribution in [2.24, 2.45) is 0 Å². The van der Waals surface area contributed by atoms with Crippen molar-refractivity contribution in [2.75, 3.05) is 6.61 Å². The average Bonchev–Trinajstić information content (AvgIpc) is 2.29. The fourth-order valence-corrected chi connectivity index (χ4v) is 1.47. The van der Waals surface area contributed by atoms with Crippen LogP contribution in [-0.2, 0) is 14.3 Å². The van der Waals surface area contributed by atoms with Gasteiger partial charge in [0, 0.05) is 25.9 Å². The number of carboxylic acid groups (broad SMARTS) is 1. The molecule has 0 aliphatic heterocycles. The topological polar surface area (TPSA) is 124 Å². The number of carboxylic acids is 1. The van der Waals surface area contributed by atoms with Gasteiger partial charge in [-0.25, -0.2) is 0 Å². The Bertz CT molecular complexity index is 275. The highest BCUT2D eigenvalue weighted by Gasteiger charge is 2.27. The Balaban J connectivity index is 3.73. The maximum atomic E-state index is 11.3. The first-order valence-electron chi connectivity index (χ1n) is 6.36. The van der Waals surface area contributed by atoms with E-state index in [1.165, 1.54) is 0 Å². The number of unbranched alkanes of at least 4 members (excludes halogenated alkanes) is 3. The fourth-order valence-electron chi connectivity index (χ4n) is 1.47. The third kappa shape index (κ3) is 11.6. The average molecular weight is 278 g/mol. The van der Waals surface area contributed by atoms with Crippen molar-refractivity contribution < 1.29 is 34.8 Å². The van der Waals surface area contributed by atoms with Gasteiger partial charge in [0.05, 0.1) is 0 Å². The quantitative estimate of drug-likeness (QED) is 0.244. The zero-order chi connectivity index (χ0) is 14.7. The molecule has 0 rings (SSSR count). The van der Waals surface area contributed by atoms with E-state index in [1.54, 1.807) is 0 Å². The van der Waals surface area contributed by atoms with Gasteiger partial charge in [-0.3, -0.25) is 9.59 Å². The number of hydrogen-bond donors (Lipinski definition) is 4. The number of ether oxygens (including phenoxy) is 1. The molecule has 4 N–H and O–H groups in total. The summed E-state index contributed by atoms with van der Waals surface area (Å²) in [5, 5.41) is 35.7. The van der Waals surface area contributed by atoms with Crippen molar-refractivity contribution in [3.63, 3.8) is 0 Å². The molecule has 0 bridgehead atoms. The summed E-state index contributed by atoms with van der Waals surface area (Å²) in [5.41, 5.74) is 0. The molecule has 0 radical (unpaired) electrons. The second kappa shape index (κ2) is 9.71. The number of aliphatic carboxylic acids is 1. The van der Waals surface area contributed by atoms with Crippen LogP contribution in [0.1, 0.15) is 51.4 Å². The molecule has 0 atom stereocenters. The molecule has 0 saturated heterocycles. The monoisotopic (exact) mass is 278 g/mol. The molecule has 0 amide bonds. The maximum Gasteiger partial charge on any atom is 0.324 e. The SMILES string of the molecule is O=C(O)CCCCC(=O)OC(O)(O)CCCCCO. The lowest BCUT2D eigenvalue weighted by atomic mass is 10.1. The summed E-state index contributed by atoms with van der Waals surface area (Å²) < 4.78 is 4.49. The molecule has 112 valence electrons. The summed E-state index contributed by atoms with van der Waals surface area (Å²) in [6, 6.07) is 0. The van der Waals surface area contributed by atoms with Crippen molar-refractivity contribution >= 4 is 11.9 Å². The largest absolute Gasteiger partial charge is 0.481 e. The molecule has 0 fully saturated rings. The Labute approximate surface area is 111 Å². The van der Waals surface area contributed by atoms with Gasteiger partial charge in [-0.05, 0) is 25.7 Å². The first-order valence-corrected chi connectivity index (χ1v) is 6.36. The number of carbonyl (C=O) groups excluding carboxylic acids is 1. The van der Waals surface area contributed by atoms with E-state index in [0.717, 1.165) is 0 Å². The van der Waals surface area contributed by atoms with Gasteiger partial charge < -0.3 is 25.2 Å². The van der Waals surface area contributed by atoms with Crippen LogP contribution in [0.25, 0.3) is 0 Å². The summed E-state index contributed by atoms with van der Waals surface area (Å²) in [7, 11) is 0. The van der Waals surface area contributed by atoms with Gasteiger partial charge in [-0.15, -0.1) is 0 Å². The minimum absolute atomic E-state index is 0.0299. The Morgan fingerprint density at radius 1 is 0.947 bits per heavy atom. The van der Waals surface area contributed by atoms with Crippen LogP contribution in [0.4, 0.5) is 0 Å². The van der Waals surface area contributed by atoms with E-state index in [0.29, 0.717) is 32.1 Å². The lowest BCUT2D eigenvalue weighted by Gasteiger charge is -2.21. The Morgan fingerprint density at radius 3 is 2.16 bits per heavy atom. The third-order valence-electron chi connectivity index (χ3n) is 2.46. The van der Waals surface area contributed by atoms with Crippen LogP contribution < -0.4 is 0 Å². The molecule has 19 heavy (non-hydrogen) atoms. The standard InChI is InChI=1S/C12H22O7/c13-9-5-1-4-8-12(17,18)19-11(16)7-3-2-6-10(14)15/h13,17-18H,1-9H2,(H,14,15). The molecule has 0 heterocycles. The normalized spacial score (nSPS) is 11.3. The van der Waals surface area contributed by atoms with E-state index in [-0.39, 0.29) is 25.9 Å². The Kier molecular flexibility index (Phi) is 9.11. The molecule has 0 aromatic rings. The van der Waals surface area contributed by atoms with E-state index in [2.05, 4.69) is 4.74 Å². The summed E-state index contributed by atoms with van der Waals surface area (Å²) in [6.45, 7) is 0.0349. The number of esters is 1. The fraction of sp³-hybridized carbons (Fsp3) is 0.833. The Morgan fingerprint density at radius 2 is 1.58 bits per heavy atom. The van der Waals surface area contributed by atoms with Crippen LogP contribution in [0.3, 0.4) is 0 Å². The van der Waals surface area contributed by atoms with Crippen molar-refractivity contribution in [1.82, 2.24) is 0 Å². The zero-order valence-corrected chi connectivity index (χ0v) is 10.9. The number of aliphatic hydroxyl groups is 3. The number of carbonyl (C=O) groups is 2. The van der Waals surface area contributed by atoms with Crippen molar-refractivity contribution in [3.8, 4) is 0 Å². The van der Waals surface area contributed by atoms with Gasteiger partial charge in [-0.1, -0.05) is 6.42 Å². The molecule has 7 nitrogen and oxygen atoms in total. The van der Waals surface area contributed by atoms with Gasteiger partial charge in [0.2, 0.25) is 0 Å². The van der Waals surface area contributed by atoms with Gasteiger partial charge in [0.15, 0.2) is 0 Å². The van der Waals surface area contributed by atoms with Crippen molar-refractivity contribution in [2.45, 2.75) is 57.3 Å². The number of aliphatic hydroxyl groups excluding tert-OH is 1. The second-order valence-corrected chi connectivity index (χ2v) is 4.35. The van der Waals surface area contributed by atoms with Crippen LogP contribution in [0.15, 0.2) is 0 Å². The van der Waals surface area contributed by atoms with Gasteiger partial charge >= 0.3 is 17.9 Å². The first-order chi connectivity index (χ1) is 8.87. The van der Waals surface area contributed by atoms with Gasteiger partial charge in [0.25, 0.3) is 0 Å². The van der Waals surface area contributed by atoms with Crippen LogP contribution in [-0.4, -0.2) is 44.9 Å². The van der Waals surface area contributed by atoms with Crippen LogP contribution in [0.5, 0.6) is 0 Å². The Hall–Kier alpha value is -1.18.